The first-order valence-corrected chi connectivity index (χ1v) is 5.31. The molecule has 0 bridgehead atoms. The molecule has 1 aromatic rings. The maximum Gasteiger partial charge on any atom is 0.322 e. The van der Waals surface area contributed by atoms with Crippen LogP contribution in [0.2, 0.25) is 0 Å². The Hall–Kier alpha value is -1.67. The molecular formula is C9H18N6O2. The van der Waals surface area contributed by atoms with E-state index in [1.165, 1.54) is 7.11 Å². The first-order valence-electron chi connectivity index (χ1n) is 5.31. The topological polar surface area (TPSA) is 107 Å². The van der Waals surface area contributed by atoms with Crippen LogP contribution in [-0.4, -0.2) is 41.3 Å². The summed E-state index contributed by atoms with van der Waals surface area (Å²) in [5.41, 5.74) is 2.34. The SMILES string of the molecule is CCOC(C)CNc1nc(NN)nc(OC)n1. The van der Waals surface area contributed by atoms with E-state index < -0.39 is 0 Å². The first kappa shape index (κ1) is 13.4. The average molecular weight is 242 g/mol. The highest BCUT2D eigenvalue weighted by atomic mass is 16.5. The van der Waals surface area contributed by atoms with Crippen LogP contribution < -0.4 is 21.3 Å². The molecule has 0 amide bonds. The molecule has 0 spiro atoms. The van der Waals surface area contributed by atoms with Crippen molar-refractivity contribution in [3.8, 4) is 6.01 Å². The fourth-order valence-electron chi connectivity index (χ4n) is 1.17. The number of nitrogens with two attached hydrogens (primary N) is 1. The van der Waals surface area contributed by atoms with Crippen LogP contribution in [0.3, 0.4) is 0 Å². The molecule has 1 rings (SSSR count). The molecule has 8 nitrogen and oxygen atoms in total. The Bertz CT molecular complexity index is 326. The number of nitrogens with one attached hydrogen (secondary N) is 2. The molecule has 8 heteroatoms. The fourth-order valence-corrected chi connectivity index (χ4v) is 1.17. The van der Waals surface area contributed by atoms with Crippen molar-refractivity contribution < 1.29 is 9.47 Å². The van der Waals surface area contributed by atoms with Crippen molar-refractivity contribution in [2.24, 2.45) is 5.84 Å². The molecule has 17 heavy (non-hydrogen) atoms. The Kier molecular flexibility index (Phi) is 5.37. The molecule has 1 aromatic heterocycles. The van der Waals surface area contributed by atoms with Gasteiger partial charge in [0, 0.05) is 13.2 Å². The lowest BCUT2D eigenvalue weighted by Crippen LogP contribution is -2.21. The second-order valence-corrected chi connectivity index (χ2v) is 3.26. The largest absolute Gasteiger partial charge is 0.467 e. The van der Waals surface area contributed by atoms with E-state index in [2.05, 4.69) is 25.7 Å². The monoisotopic (exact) mass is 242 g/mol. The molecule has 0 radical (unpaired) electrons. The molecule has 0 saturated heterocycles. The molecule has 4 N–H and O–H groups in total. The zero-order valence-corrected chi connectivity index (χ0v) is 10.2. The third kappa shape index (κ3) is 4.37. The van der Waals surface area contributed by atoms with E-state index in [0.29, 0.717) is 19.1 Å². The average Bonchev–Trinajstić information content (AvgIpc) is 2.36. The number of ether oxygens (including phenoxy) is 2. The summed E-state index contributed by atoms with van der Waals surface area (Å²) in [6, 6.07) is 0.194. The van der Waals surface area contributed by atoms with Crippen molar-refractivity contribution in [1.29, 1.82) is 0 Å². The predicted octanol–water partition coefficient (Wildman–Crippen LogP) is 0.00270. The van der Waals surface area contributed by atoms with Crippen molar-refractivity contribution in [2.75, 3.05) is 31.0 Å². The minimum absolute atomic E-state index is 0.0667. The minimum Gasteiger partial charge on any atom is -0.467 e. The van der Waals surface area contributed by atoms with Gasteiger partial charge in [0.15, 0.2) is 0 Å². The number of aromatic nitrogens is 3. The molecule has 0 fully saturated rings. The maximum absolute atomic E-state index is 5.37. The molecule has 0 aromatic carbocycles. The maximum atomic E-state index is 5.37. The Morgan fingerprint density at radius 3 is 2.59 bits per heavy atom. The van der Waals surface area contributed by atoms with Crippen LogP contribution >= 0.6 is 0 Å². The third-order valence-corrected chi connectivity index (χ3v) is 1.93. The van der Waals surface area contributed by atoms with Crippen LogP contribution in [0.1, 0.15) is 13.8 Å². The van der Waals surface area contributed by atoms with Gasteiger partial charge in [-0.15, -0.1) is 0 Å². The summed E-state index contributed by atoms with van der Waals surface area (Å²) in [7, 11) is 1.47. The van der Waals surface area contributed by atoms with Gasteiger partial charge >= 0.3 is 6.01 Å². The standard InChI is InChI=1S/C9H18N6O2/c1-4-17-6(2)5-11-7-12-8(15-10)14-9(13-7)16-3/h6H,4-5,10H2,1-3H3,(H2,11,12,13,14,15). The van der Waals surface area contributed by atoms with Crippen LogP contribution in [0, 0.1) is 0 Å². The van der Waals surface area contributed by atoms with Gasteiger partial charge in [0.2, 0.25) is 11.9 Å². The number of nitrogen functional groups attached to an aromatic ring is 1. The van der Waals surface area contributed by atoms with Crippen molar-refractivity contribution in [1.82, 2.24) is 15.0 Å². The van der Waals surface area contributed by atoms with Gasteiger partial charge in [0.05, 0.1) is 13.2 Å². The molecule has 0 aliphatic rings. The second kappa shape index (κ2) is 6.81. The van der Waals surface area contributed by atoms with Gasteiger partial charge in [0.25, 0.3) is 0 Å². The lowest BCUT2D eigenvalue weighted by Gasteiger charge is -2.13. The number of hydrazine groups is 1. The summed E-state index contributed by atoms with van der Waals surface area (Å²) in [6.07, 6.45) is 0.0667. The molecule has 0 saturated carbocycles. The molecule has 1 atom stereocenters. The van der Waals surface area contributed by atoms with Crippen molar-refractivity contribution >= 4 is 11.9 Å². The van der Waals surface area contributed by atoms with E-state index in [1.807, 2.05) is 13.8 Å². The van der Waals surface area contributed by atoms with E-state index in [4.69, 9.17) is 15.3 Å². The normalized spacial score (nSPS) is 12.0. The van der Waals surface area contributed by atoms with Crippen LogP contribution in [0.5, 0.6) is 6.01 Å². The van der Waals surface area contributed by atoms with Crippen LogP contribution in [0.25, 0.3) is 0 Å². The summed E-state index contributed by atoms with van der Waals surface area (Å²) >= 11 is 0. The zero-order chi connectivity index (χ0) is 12.7. The zero-order valence-electron chi connectivity index (χ0n) is 10.2. The highest BCUT2D eigenvalue weighted by molar-refractivity contribution is 5.34. The fraction of sp³-hybridized carbons (Fsp3) is 0.667. The Labute approximate surface area is 99.9 Å². The Morgan fingerprint density at radius 2 is 2.00 bits per heavy atom. The third-order valence-electron chi connectivity index (χ3n) is 1.93. The lowest BCUT2D eigenvalue weighted by molar-refractivity contribution is 0.0854. The number of anilines is 2. The number of rotatable bonds is 7. The molecule has 1 heterocycles. The van der Waals surface area contributed by atoms with Crippen LogP contribution in [0.4, 0.5) is 11.9 Å². The first-order chi connectivity index (χ1) is 8.19. The number of methoxy groups -OCH3 is 1. The number of hydrogen-bond donors (Lipinski definition) is 3. The summed E-state index contributed by atoms with van der Waals surface area (Å²) < 4.78 is 10.3. The number of nitrogens with zero attached hydrogens (tertiary/aromatic N) is 3. The van der Waals surface area contributed by atoms with Gasteiger partial charge in [-0.05, 0) is 13.8 Å². The molecule has 0 aliphatic heterocycles. The smallest absolute Gasteiger partial charge is 0.322 e. The highest BCUT2D eigenvalue weighted by Crippen LogP contribution is 2.09. The van der Waals surface area contributed by atoms with Crippen LogP contribution in [0.15, 0.2) is 0 Å². The van der Waals surface area contributed by atoms with Gasteiger partial charge in [-0.1, -0.05) is 0 Å². The molecular weight excluding hydrogens is 224 g/mol. The minimum atomic E-state index is 0.0667. The molecule has 96 valence electrons. The van der Waals surface area contributed by atoms with E-state index in [9.17, 15) is 0 Å². The van der Waals surface area contributed by atoms with E-state index >= 15 is 0 Å². The second-order valence-electron chi connectivity index (χ2n) is 3.26. The highest BCUT2D eigenvalue weighted by Gasteiger charge is 2.07. The van der Waals surface area contributed by atoms with Gasteiger partial charge in [0.1, 0.15) is 0 Å². The van der Waals surface area contributed by atoms with Crippen LogP contribution in [-0.2, 0) is 4.74 Å². The van der Waals surface area contributed by atoms with Crippen molar-refractivity contribution in [2.45, 2.75) is 20.0 Å². The summed E-state index contributed by atoms with van der Waals surface area (Å²) in [6.45, 7) is 5.15. The van der Waals surface area contributed by atoms with E-state index in [1.54, 1.807) is 0 Å². The Balaban J connectivity index is 2.63. The van der Waals surface area contributed by atoms with Gasteiger partial charge < -0.3 is 14.8 Å². The van der Waals surface area contributed by atoms with Crippen molar-refractivity contribution in [3.63, 3.8) is 0 Å². The molecule has 0 aliphatic carbocycles. The summed E-state index contributed by atoms with van der Waals surface area (Å²) in [5, 5.41) is 3.02. The van der Waals surface area contributed by atoms with Gasteiger partial charge in [-0.2, -0.15) is 15.0 Å². The quantitative estimate of drug-likeness (QED) is 0.453. The summed E-state index contributed by atoms with van der Waals surface area (Å²) in [4.78, 5) is 11.9. The van der Waals surface area contributed by atoms with Crippen molar-refractivity contribution in [3.05, 3.63) is 0 Å². The van der Waals surface area contributed by atoms with E-state index in [0.717, 1.165) is 0 Å². The molecule has 1 unspecified atom stereocenters. The Morgan fingerprint density at radius 1 is 1.29 bits per heavy atom. The predicted molar refractivity (Wildman–Crippen MR) is 63.8 cm³/mol. The van der Waals surface area contributed by atoms with E-state index in [-0.39, 0.29) is 18.1 Å². The summed E-state index contributed by atoms with van der Waals surface area (Å²) in [5.74, 6) is 5.86. The number of hydrogen-bond acceptors (Lipinski definition) is 8. The van der Waals surface area contributed by atoms with Gasteiger partial charge in [-0.25, -0.2) is 5.84 Å². The lowest BCUT2D eigenvalue weighted by atomic mass is 10.4. The van der Waals surface area contributed by atoms with Gasteiger partial charge in [-0.3, -0.25) is 5.43 Å².